The molecule has 140 valence electrons. The number of hydrogen-bond acceptors (Lipinski definition) is 4. The lowest BCUT2D eigenvalue weighted by Crippen LogP contribution is -2.36. The predicted molar refractivity (Wildman–Crippen MR) is 105 cm³/mol. The van der Waals surface area contributed by atoms with E-state index in [4.69, 9.17) is 4.52 Å². The number of carbonyl (C=O) groups excluding carboxylic acids is 2. The lowest BCUT2D eigenvalue weighted by molar-refractivity contribution is -0.132. The number of benzene rings is 2. The number of aromatic nitrogens is 1. The highest BCUT2D eigenvalue weighted by Gasteiger charge is 2.18. The Kier molecular flexibility index (Phi) is 5.26. The molecule has 0 saturated carbocycles. The monoisotopic (exact) mass is 365 g/mol. The van der Waals surface area contributed by atoms with Crippen molar-refractivity contribution in [2.75, 3.05) is 18.9 Å². The number of nitrogens with one attached hydrogen (secondary N) is 1. The topological polar surface area (TPSA) is 75.4 Å². The minimum atomic E-state index is -0.231. The first kappa shape index (κ1) is 18.6. The molecule has 0 radical (unpaired) electrons. The van der Waals surface area contributed by atoms with Crippen molar-refractivity contribution in [3.8, 4) is 0 Å². The van der Waals surface area contributed by atoms with Crippen LogP contribution in [0.1, 0.15) is 22.4 Å². The van der Waals surface area contributed by atoms with Gasteiger partial charge in [-0.1, -0.05) is 35.0 Å². The Morgan fingerprint density at radius 3 is 2.48 bits per heavy atom. The van der Waals surface area contributed by atoms with Gasteiger partial charge in [-0.05, 0) is 44.0 Å². The van der Waals surface area contributed by atoms with Crippen molar-refractivity contribution >= 4 is 28.5 Å². The summed E-state index contributed by atoms with van der Waals surface area (Å²) in [4.78, 5) is 26.3. The number of carbonyl (C=O) groups is 2. The van der Waals surface area contributed by atoms with Crippen molar-refractivity contribution in [1.29, 1.82) is 0 Å². The van der Waals surface area contributed by atoms with E-state index in [2.05, 4.69) is 10.5 Å². The van der Waals surface area contributed by atoms with Crippen molar-refractivity contribution in [2.45, 2.75) is 27.2 Å². The SMILES string of the molecule is Cc1cc(C)c(NC(=O)CN(C)C(=O)Cc2noc3ccccc23)c(C)c1. The van der Waals surface area contributed by atoms with Crippen LogP contribution in [0.3, 0.4) is 0 Å². The van der Waals surface area contributed by atoms with Gasteiger partial charge in [-0.15, -0.1) is 0 Å². The third-order valence-electron chi connectivity index (χ3n) is 4.52. The van der Waals surface area contributed by atoms with Crippen LogP contribution in [0.4, 0.5) is 5.69 Å². The summed E-state index contributed by atoms with van der Waals surface area (Å²) in [5, 5.41) is 7.70. The highest BCUT2D eigenvalue weighted by molar-refractivity contribution is 5.96. The number of rotatable bonds is 5. The van der Waals surface area contributed by atoms with Gasteiger partial charge < -0.3 is 14.7 Å². The standard InChI is InChI=1S/C21H23N3O3/c1-13-9-14(2)21(15(3)10-13)22-19(25)12-24(4)20(26)11-17-16-7-5-6-8-18(16)27-23-17/h5-10H,11-12H2,1-4H3,(H,22,25). The summed E-state index contributed by atoms with van der Waals surface area (Å²) in [6.07, 6.45) is 0.0867. The van der Waals surface area contributed by atoms with Gasteiger partial charge in [0.15, 0.2) is 5.58 Å². The van der Waals surface area contributed by atoms with Crippen molar-refractivity contribution in [1.82, 2.24) is 10.1 Å². The number of likely N-dealkylation sites (N-methyl/N-ethyl adjacent to an activating group) is 1. The molecular formula is C21H23N3O3. The maximum Gasteiger partial charge on any atom is 0.243 e. The molecular weight excluding hydrogens is 342 g/mol. The lowest BCUT2D eigenvalue weighted by atomic mass is 10.1. The summed E-state index contributed by atoms with van der Waals surface area (Å²) in [5.74, 6) is -0.424. The zero-order valence-electron chi connectivity index (χ0n) is 16.0. The van der Waals surface area contributed by atoms with Gasteiger partial charge in [0.05, 0.1) is 13.0 Å². The lowest BCUT2D eigenvalue weighted by Gasteiger charge is -2.18. The highest BCUT2D eigenvalue weighted by atomic mass is 16.5. The molecule has 1 heterocycles. The summed E-state index contributed by atoms with van der Waals surface area (Å²) in [6.45, 7) is 5.91. The molecule has 1 N–H and O–H groups in total. The van der Waals surface area contributed by atoms with Gasteiger partial charge in [0.2, 0.25) is 11.8 Å². The Balaban J connectivity index is 1.63. The van der Waals surface area contributed by atoms with Crippen LogP contribution in [0.2, 0.25) is 0 Å². The van der Waals surface area contributed by atoms with Crippen LogP contribution in [0.25, 0.3) is 11.0 Å². The van der Waals surface area contributed by atoms with E-state index in [1.54, 1.807) is 13.1 Å². The zero-order chi connectivity index (χ0) is 19.6. The van der Waals surface area contributed by atoms with Gasteiger partial charge in [-0.25, -0.2) is 0 Å². The molecule has 2 amide bonds. The second kappa shape index (κ2) is 7.61. The molecule has 0 fully saturated rings. The minimum absolute atomic E-state index is 0.0264. The van der Waals surface area contributed by atoms with E-state index >= 15 is 0 Å². The molecule has 6 heteroatoms. The van der Waals surface area contributed by atoms with E-state index in [1.807, 2.05) is 51.1 Å². The number of nitrogens with zero attached hydrogens (tertiary/aromatic N) is 2. The highest BCUT2D eigenvalue weighted by Crippen LogP contribution is 2.22. The average molecular weight is 365 g/mol. The number of hydrogen-bond donors (Lipinski definition) is 1. The maximum atomic E-state index is 12.5. The van der Waals surface area contributed by atoms with Crippen molar-refractivity contribution in [2.24, 2.45) is 0 Å². The fourth-order valence-electron chi connectivity index (χ4n) is 3.20. The zero-order valence-corrected chi connectivity index (χ0v) is 16.0. The second-order valence-corrected chi connectivity index (χ2v) is 6.87. The molecule has 1 aromatic heterocycles. The summed E-state index contributed by atoms with van der Waals surface area (Å²) >= 11 is 0. The molecule has 0 spiro atoms. The minimum Gasteiger partial charge on any atom is -0.356 e. The molecule has 0 unspecified atom stereocenters. The second-order valence-electron chi connectivity index (χ2n) is 6.87. The third-order valence-corrected chi connectivity index (χ3v) is 4.52. The first-order valence-electron chi connectivity index (χ1n) is 8.80. The van der Waals surface area contributed by atoms with Gasteiger partial charge in [0.25, 0.3) is 0 Å². The number of para-hydroxylation sites is 1. The van der Waals surface area contributed by atoms with Crippen molar-refractivity contribution < 1.29 is 14.1 Å². The molecule has 0 bridgehead atoms. The number of anilines is 1. The van der Waals surface area contributed by atoms with Gasteiger partial charge in [0, 0.05) is 18.1 Å². The van der Waals surface area contributed by atoms with E-state index in [1.165, 1.54) is 4.90 Å². The maximum absolute atomic E-state index is 12.5. The Morgan fingerprint density at radius 2 is 1.78 bits per heavy atom. The van der Waals surface area contributed by atoms with E-state index < -0.39 is 0 Å². The van der Waals surface area contributed by atoms with E-state index in [0.29, 0.717) is 11.3 Å². The smallest absolute Gasteiger partial charge is 0.243 e. The number of fused-ring (bicyclic) bond motifs is 1. The van der Waals surface area contributed by atoms with Gasteiger partial charge in [-0.2, -0.15) is 0 Å². The quantitative estimate of drug-likeness (QED) is 0.752. The number of aryl methyl sites for hydroxylation is 3. The molecule has 0 saturated heterocycles. The molecule has 0 atom stereocenters. The van der Waals surface area contributed by atoms with Crippen LogP contribution >= 0.6 is 0 Å². The van der Waals surface area contributed by atoms with E-state index in [9.17, 15) is 9.59 Å². The first-order valence-corrected chi connectivity index (χ1v) is 8.80. The summed E-state index contributed by atoms with van der Waals surface area (Å²) in [7, 11) is 1.61. The Hall–Kier alpha value is -3.15. The van der Waals surface area contributed by atoms with Gasteiger partial charge >= 0.3 is 0 Å². The predicted octanol–water partition coefficient (Wildman–Crippen LogP) is 3.39. The Bertz CT molecular complexity index is 984. The molecule has 27 heavy (non-hydrogen) atoms. The van der Waals surface area contributed by atoms with E-state index in [0.717, 1.165) is 27.8 Å². The van der Waals surface area contributed by atoms with Crippen LogP contribution in [-0.4, -0.2) is 35.5 Å². The van der Waals surface area contributed by atoms with E-state index in [-0.39, 0.29) is 24.8 Å². The van der Waals surface area contributed by atoms with Crippen LogP contribution < -0.4 is 5.32 Å². The Labute approximate surface area is 158 Å². The molecule has 2 aromatic carbocycles. The van der Waals surface area contributed by atoms with Gasteiger partial charge in [-0.3, -0.25) is 9.59 Å². The number of amides is 2. The fraction of sp³-hybridized carbons (Fsp3) is 0.286. The molecule has 0 aliphatic heterocycles. The van der Waals surface area contributed by atoms with Crippen LogP contribution in [0.5, 0.6) is 0 Å². The molecule has 6 nitrogen and oxygen atoms in total. The van der Waals surface area contributed by atoms with Crippen LogP contribution in [0, 0.1) is 20.8 Å². The average Bonchev–Trinajstić information content (AvgIpc) is 3.01. The third kappa shape index (κ3) is 4.16. The summed E-state index contributed by atoms with van der Waals surface area (Å²) < 4.78 is 5.23. The molecule has 0 aliphatic rings. The largest absolute Gasteiger partial charge is 0.356 e. The summed E-state index contributed by atoms with van der Waals surface area (Å²) in [5.41, 5.74) is 5.18. The van der Waals surface area contributed by atoms with Gasteiger partial charge in [0.1, 0.15) is 5.69 Å². The normalized spacial score (nSPS) is 10.8. The summed E-state index contributed by atoms with van der Waals surface area (Å²) in [6, 6.07) is 11.4. The Morgan fingerprint density at radius 1 is 1.11 bits per heavy atom. The molecule has 0 aliphatic carbocycles. The fourth-order valence-corrected chi connectivity index (χ4v) is 3.20. The van der Waals surface area contributed by atoms with Crippen molar-refractivity contribution in [3.05, 3.63) is 58.8 Å². The van der Waals surface area contributed by atoms with Crippen LogP contribution in [0.15, 0.2) is 40.9 Å². The van der Waals surface area contributed by atoms with Crippen LogP contribution in [-0.2, 0) is 16.0 Å². The van der Waals surface area contributed by atoms with Crippen molar-refractivity contribution in [3.63, 3.8) is 0 Å². The molecule has 3 aromatic rings. The first-order chi connectivity index (χ1) is 12.8. The molecule has 3 rings (SSSR count).